The zero-order valence-corrected chi connectivity index (χ0v) is 18.8. The monoisotopic (exact) mass is 455 g/mol. The number of amides is 1. The molecule has 0 atom stereocenters. The predicted octanol–water partition coefficient (Wildman–Crippen LogP) is 3.62. The van der Waals surface area contributed by atoms with Crippen LogP contribution in [0.25, 0.3) is 0 Å². The van der Waals surface area contributed by atoms with E-state index in [1.165, 1.54) is 4.31 Å². The van der Waals surface area contributed by atoms with Crippen LogP contribution in [0.4, 0.5) is 0 Å². The van der Waals surface area contributed by atoms with Crippen molar-refractivity contribution >= 4 is 15.9 Å². The molecule has 2 aromatic carbocycles. The van der Waals surface area contributed by atoms with Gasteiger partial charge in [0.15, 0.2) is 5.76 Å². The van der Waals surface area contributed by atoms with Crippen molar-refractivity contribution in [3.8, 4) is 11.5 Å². The SMILES string of the molecule is Cc1noc(C)c1S(=O)(=O)N1CCCN(C(=O)c2ccc(Oc3ccccc3)cc2)CC1. The number of hydrogen-bond acceptors (Lipinski definition) is 6. The van der Waals surface area contributed by atoms with E-state index in [-0.39, 0.29) is 23.1 Å². The van der Waals surface area contributed by atoms with E-state index in [4.69, 9.17) is 9.26 Å². The van der Waals surface area contributed by atoms with Gasteiger partial charge in [-0.2, -0.15) is 4.31 Å². The zero-order chi connectivity index (χ0) is 22.7. The summed E-state index contributed by atoms with van der Waals surface area (Å²) in [5.74, 6) is 1.50. The van der Waals surface area contributed by atoms with E-state index in [1.54, 1.807) is 43.0 Å². The fourth-order valence-electron chi connectivity index (χ4n) is 3.78. The van der Waals surface area contributed by atoms with E-state index >= 15 is 0 Å². The zero-order valence-electron chi connectivity index (χ0n) is 18.0. The number of carbonyl (C=O) groups excluding carboxylic acids is 1. The lowest BCUT2D eigenvalue weighted by Gasteiger charge is -2.22. The van der Waals surface area contributed by atoms with Gasteiger partial charge in [-0.1, -0.05) is 23.4 Å². The molecule has 1 amide bonds. The molecule has 1 aliphatic rings. The third-order valence-electron chi connectivity index (χ3n) is 5.39. The van der Waals surface area contributed by atoms with E-state index in [1.807, 2.05) is 30.3 Å². The Balaban J connectivity index is 1.42. The number of rotatable bonds is 5. The first-order chi connectivity index (χ1) is 15.4. The molecule has 0 unspecified atom stereocenters. The minimum absolute atomic E-state index is 0.117. The van der Waals surface area contributed by atoms with Crippen LogP contribution in [-0.4, -0.2) is 54.9 Å². The van der Waals surface area contributed by atoms with Gasteiger partial charge >= 0.3 is 0 Å². The number of aromatic nitrogens is 1. The summed E-state index contributed by atoms with van der Waals surface area (Å²) in [6.07, 6.45) is 0.545. The Hall–Kier alpha value is -3.17. The number of nitrogens with zero attached hydrogens (tertiary/aromatic N) is 3. The van der Waals surface area contributed by atoms with Gasteiger partial charge in [-0.25, -0.2) is 8.42 Å². The molecule has 1 aromatic heterocycles. The van der Waals surface area contributed by atoms with E-state index in [0.717, 1.165) is 5.75 Å². The van der Waals surface area contributed by atoms with Gasteiger partial charge in [-0.3, -0.25) is 4.79 Å². The first-order valence-electron chi connectivity index (χ1n) is 10.4. The lowest BCUT2D eigenvalue weighted by atomic mass is 10.2. The van der Waals surface area contributed by atoms with E-state index < -0.39 is 10.0 Å². The standard InChI is InChI=1S/C23H25N3O5S/c1-17-22(18(2)31-24-17)32(28,29)26-14-6-13-25(15-16-26)23(27)19-9-11-21(12-10-19)30-20-7-4-3-5-8-20/h3-5,7-12H,6,13-16H2,1-2H3. The fourth-order valence-corrected chi connectivity index (χ4v) is 5.54. The Labute approximate surface area is 187 Å². The van der Waals surface area contributed by atoms with Gasteiger partial charge in [-0.15, -0.1) is 0 Å². The van der Waals surface area contributed by atoms with Crippen LogP contribution < -0.4 is 4.74 Å². The number of sulfonamides is 1. The number of carbonyl (C=O) groups is 1. The molecule has 4 rings (SSSR count). The highest BCUT2D eigenvalue weighted by Crippen LogP contribution is 2.25. The molecule has 1 fully saturated rings. The average molecular weight is 456 g/mol. The molecule has 32 heavy (non-hydrogen) atoms. The van der Waals surface area contributed by atoms with E-state index in [0.29, 0.717) is 43.1 Å². The summed E-state index contributed by atoms with van der Waals surface area (Å²) in [6, 6.07) is 16.4. The number of hydrogen-bond donors (Lipinski definition) is 0. The number of benzene rings is 2. The van der Waals surface area contributed by atoms with Crippen molar-refractivity contribution in [1.82, 2.24) is 14.4 Å². The minimum atomic E-state index is -3.73. The molecular formula is C23H25N3O5S. The summed E-state index contributed by atoms with van der Waals surface area (Å²) in [4.78, 5) is 14.8. The second-order valence-corrected chi connectivity index (χ2v) is 9.52. The highest BCUT2D eigenvalue weighted by molar-refractivity contribution is 7.89. The molecule has 9 heteroatoms. The lowest BCUT2D eigenvalue weighted by Crippen LogP contribution is -2.37. The van der Waals surface area contributed by atoms with Gasteiger partial charge in [0, 0.05) is 31.7 Å². The Bertz CT molecular complexity index is 1170. The number of aryl methyl sites for hydroxylation is 2. The van der Waals surface area contributed by atoms with Gasteiger partial charge in [0.25, 0.3) is 5.91 Å². The topological polar surface area (TPSA) is 93.0 Å². The first kappa shape index (κ1) is 22.0. The molecule has 1 saturated heterocycles. The summed E-state index contributed by atoms with van der Waals surface area (Å²) in [5.41, 5.74) is 0.880. The summed E-state index contributed by atoms with van der Waals surface area (Å²) in [7, 11) is -3.73. The fraction of sp³-hybridized carbons (Fsp3) is 0.304. The summed E-state index contributed by atoms with van der Waals surface area (Å²) in [6.45, 7) is 4.54. The summed E-state index contributed by atoms with van der Waals surface area (Å²) >= 11 is 0. The molecule has 0 radical (unpaired) electrons. The van der Waals surface area contributed by atoms with Gasteiger partial charge in [0.1, 0.15) is 22.1 Å². The molecular weight excluding hydrogens is 430 g/mol. The van der Waals surface area contributed by atoms with Crippen LogP contribution in [0, 0.1) is 13.8 Å². The Kier molecular flexibility index (Phi) is 6.29. The lowest BCUT2D eigenvalue weighted by molar-refractivity contribution is 0.0764. The van der Waals surface area contributed by atoms with Crippen molar-refractivity contribution in [2.24, 2.45) is 0 Å². The molecule has 8 nitrogen and oxygen atoms in total. The van der Waals surface area contributed by atoms with Crippen molar-refractivity contribution in [2.75, 3.05) is 26.2 Å². The molecule has 1 aliphatic heterocycles. The van der Waals surface area contributed by atoms with Gasteiger partial charge < -0.3 is 14.2 Å². The van der Waals surface area contributed by atoms with Gasteiger partial charge in [0.05, 0.1) is 0 Å². The molecule has 2 heterocycles. The Morgan fingerprint density at radius 3 is 2.28 bits per heavy atom. The van der Waals surface area contributed by atoms with Crippen molar-refractivity contribution in [1.29, 1.82) is 0 Å². The second-order valence-electron chi connectivity index (χ2n) is 7.64. The third-order valence-corrected chi connectivity index (χ3v) is 7.53. The minimum Gasteiger partial charge on any atom is -0.457 e. The van der Waals surface area contributed by atoms with Crippen LogP contribution in [0.2, 0.25) is 0 Å². The molecule has 0 bridgehead atoms. The predicted molar refractivity (Wildman–Crippen MR) is 118 cm³/mol. The highest BCUT2D eigenvalue weighted by atomic mass is 32.2. The Morgan fingerprint density at radius 1 is 0.938 bits per heavy atom. The summed E-state index contributed by atoms with van der Waals surface area (Å²) in [5, 5.41) is 3.76. The van der Waals surface area contributed by atoms with Gasteiger partial charge in [0.2, 0.25) is 10.0 Å². The Morgan fingerprint density at radius 2 is 1.62 bits per heavy atom. The van der Waals surface area contributed by atoms with Crippen LogP contribution in [0.1, 0.15) is 28.2 Å². The number of para-hydroxylation sites is 1. The maximum atomic E-state index is 13.1. The normalized spacial score (nSPS) is 15.4. The van der Waals surface area contributed by atoms with Crippen molar-refractivity contribution < 1.29 is 22.5 Å². The quantitative estimate of drug-likeness (QED) is 0.583. The molecule has 0 aliphatic carbocycles. The average Bonchev–Trinajstić information content (AvgIpc) is 2.98. The van der Waals surface area contributed by atoms with Crippen LogP contribution in [0.5, 0.6) is 11.5 Å². The smallest absolute Gasteiger partial charge is 0.253 e. The largest absolute Gasteiger partial charge is 0.457 e. The van der Waals surface area contributed by atoms with Crippen molar-refractivity contribution in [3.63, 3.8) is 0 Å². The highest BCUT2D eigenvalue weighted by Gasteiger charge is 2.33. The van der Waals surface area contributed by atoms with Crippen LogP contribution in [0.3, 0.4) is 0 Å². The van der Waals surface area contributed by atoms with Gasteiger partial charge in [-0.05, 0) is 56.7 Å². The van der Waals surface area contributed by atoms with E-state index in [2.05, 4.69) is 5.16 Å². The van der Waals surface area contributed by atoms with Crippen LogP contribution >= 0.6 is 0 Å². The van der Waals surface area contributed by atoms with Crippen LogP contribution in [-0.2, 0) is 10.0 Å². The molecule has 168 valence electrons. The molecule has 0 N–H and O–H groups in total. The maximum absolute atomic E-state index is 13.1. The molecule has 0 spiro atoms. The third kappa shape index (κ3) is 4.53. The maximum Gasteiger partial charge on any atom is 0.253 e. The van der Waals surface area contributed by atoms with Crippen molar-refractivity contribution in [3.05, 3.63) is 71.6 Å². The molecule has 3 aromatic rings. The molecule has 0 saturated carbocycles. The van der Waals surface area contributed by atoms with Crippen LogP contribution in [0.15, 0.2) is 64.0 Å². The summed E-state index contributed by atoms with van der Waals surface area (Å²) < 4.78 is 38.4. The van der Waals surface area contributed by atoms with Crippen molar-refractivity contribution in [2.45, 2.75) is 25.2 Å². The van der Waals surface area contributed by atoms with E-state index in [9.17, 15) is 13.2 Å². The second kappa shape index (κ2) is 9.13. The first-order valence-corrected chi connectivity index (χ1v) is 11.9. The number of ether oxygens (including phenoxy) is 1.